The summed E-state index contributed by atoms with van der Waals surface area (Å²) in [5.41, 5.74) is 2.09. The monoisotopic (exact) mass is 318 g/mol. The van der Waals surface area contributed by atoms with Crippen molar-refractivity contribution in [1.82, 2.24) is 30.2 Å². The van der Waals surface area contributed by atoms with Crippen molar-refractivity contribution in [2.75, 3.05) is 5.43 Å². The zero-order valence-corrected chi connectivity index (χ0v) is 11.2. The van der Waals surface area contributed by atoms with Crippen molar-refractivity contribution in [2.24, 2.45) is 5.84 Å². The van der Waals surface area contributed by atoms with Crippen molar-refractivity contribution < 1.29 is 13.2 Å². The lowest BCUT2D eigenvalue weighted by atomic mass is 10.5. The number of rotatable bonds is 4. The summed E-state index contributed by atoms with van der Waals surface area (Å²) in [4.78, 5) is 6.75. The maximum atomic E-state index is 12.7. The van der Waals surface area contributed by atoms with E-state index >= 15 is 0 Å². The van der Waals surface area contributed by atoms with Gasteiger partial charge in [0.05, 0.1) is 6.04 Å². The summed E-state index contributed by atoms with van der Waals surface area (Å²) in [7, 11) is 0. The van der Waals surface area contributed by atoms with Crippen LogP contribution in [-0.2, 0) is 6.18 Å². The zero-order chi connectivity index (χ0) is 15.0. The van der Waals surface area contributed by atoms with Gasteiger partial charge in [-0.25, -0.2) is 20.5 Å². The molecule has 0 unspecified atom stereocenters. The molecule has 8 nitrogen and oxygen atoms in total. The van der Waals surface area contributed by atoms with E-state index in [0.717, 1.165) is 24.6 Å². The number of hydrogen-bond acceptors (Lipinski definition) is 8. The normalized spacial score (nSPS) is 15.2. The van der Waals surface area contributed by atoms with Crippen LogP contribution in [0.4, 0.5) is 19.0 Å². The summed E-state index contributed by atoms with van der Waals surface area (Å²) in [6.45, 7) is 0. The van der Waals surface area contributed by atoms with Gasteiger partial charge in [-0.1, -0.05) is 0 Å². The van der Waals surface area contributed by atoms with Crippen molar-refractivity contribution in [1.29, 1.82) is 0 Å². The Morgan fingerprint density at radius 2 is 2.10 bits per heavy atom. The van der Waals surface area contributed by atoms with E-state index in [9.17, 15) is 13.2 Å². The summed E-state index contributed by atoms with van der Waals surface area (Å²) in [5, 5.41) is 11.6. The summed E-state index contributed by atoms with van der Waals surface area (Å²) < 4.78 is 39.8. The first kappa shape index (κ1) is 14.0. The molecule has 2 aromatic heterocycles. The number of hydrazine groups is 1. The van der Waals surface area contributed by atoms with Gasteiger partial charge in [0, 0.05) is 6.07 Å². The minimum Gasteiger partial charge on any atom is -0.308 e. The molecule has 3 N–H and O–H groups in total. The fourth-order valence-electron chi connectivity index (χ4n) is 1.57. The molecule has 0 aliphatic heterocycles. The van der Waals surface area contributed by atoms with Crippen molar-refractivity contribution in [3.05, 3.63) is 11.9 Å². The fourth-order valence-corrected chi connectivity index (χ4v) is 2.42. The quantitative estimate of drug-likeness (QED) is 0.493. The van der Waals surface area contributed by atoms with E-state index in [2.05, 4.69) is 30.9 Å². The van der Waals surface area contributed by atoms with Crippen LogP contribution in [-0.4, -0.2) is 30.2 Å². The van der Waals surface area contributed by atoms with Crippen LogP contribution < -0.4 is 11.3 Å². The van der Waals surface area contributed by atoms with Gasteiger partial charge in [-0.2, -0.15) is 13.2 Å². The molecule has 0 aromatic carbocycles. The second-order valence-corrected chi connectivity index (χ2v) is 5.28. The van der Waals surface area contributed by atoms with E-state index in [-0.39, 0.29) is 16.9 Å². The molecule has 0 amide bonds. The molecule has 0 atom stereocenters. The third-order valence-electron chi connectivity index (χ3n) is 2.66. The average molecular weight is 318 g/mol. The molecule has 1 saturated carbocycles. The number of nitrogen functional groups attached to an aromatic ring is 1. The van der Waals surface area contributed by atoms with E-state index in [1.807, 2.05) is 0 Å². The predicted octanol–water partition coefficient (Wildman–Crippen LogP) is 1.25. The Hall–Kier alpha value is -1.95. The fraction of sp³-hybridized carbons (Fsp3) is 0.444. The maximum absolute atomic E-state index is 12.7. The Bertz CT molecular complexity index is 653. The van der Waals surface area contributed by atoms with Crippen molar-refractivity contribution in [3.63, 3.8) is 0 Å². The maximum Gasteiger partial charge on any atom is 0.451 e. The minimum atomic E-state index is -4.66. The summed E-state index contributed by atoms with van der Waals surface area (Å²) >= 11 is 0.929. The lowest BCUT2D eigenvalue weighted by Gasteiger charge is -2.09. The minimum absolute atomic E-state index is 0.0574. The van der Waals surface area contributed by atoms with E-state index in [4.69, 9.17) is 5.84 Å². The van der Waals surface area contributed by atoms with Crippen LogP contribution in [0, 0.1) is 0 Å². The molecular weight excluding hydrogens is 309 g/mol. The van der Waals surface area contributed by atoms with Crippen LogP contribution in [0.15, 0.2) is 16.2 Å². The highest BCUT2D eigenvalue weighted by atomic mass is 32.2. The summed E-state index contributed by atoms with van der Waals surface area (Å²) in [6, 6.07) is 1.50. The molecule has 21 heavy (non-hydrogen) atoms. The molecule has 3 rings (SSSR count). The van der Waals surface area contributed by atoms with Gasteiger partial charge >= 0.3 is 6.18 Å². The number of hydrogen-bond donors (Lipinski definition) is 2. The van der Waals surface area contributed by atoms with Gasteiger partial charge in [0.2, 0.25) is 11.0 Å². The highest BCUT2D eigenvalue weighted by Crippen LogP contribution is 2.38. The Morgan fingerprint density at radius 1 is 1.33 bits per heavy atom. The summed E-state index contributed by atoms with van der Waals surface area (Å²) in [6.07, 6.45) is -2.76. The van der Waals surface area contributed by atoms with Crippen LogP contribution >= 0.6 is 11.8 Å². The first-order valence-corrected chi connectivity index (χ1v) is 6.67. The Morgan fingerprint density at radius 3 is 2.71 bits per heavy atom. The molecule has 1 aliphatic rings. The molecule has 0 saturated heterocycles. The number of nitrogens with two attached hydrogens (primary N) is 1. The second-order valence-electron chi connectivity index (χ2n) is 4.30. The summed E-state index contributed by atoms with van der Waals surface area (Å²) in [5.74, 6) is 3.72. The van der Waals surface area contributed by atoms with Crippen LogP contribution in [0.5, 0.6) is 0 Å². The van der Waals surface area contributed by atoms with E-state index < -0.39 is 12.0 Å². The Balaban J connectivity index is 1.92. The van der Waals surface area contributed by atoms with Gasteiger partial charge in [-0.15, -0.1) is 5.10 Å². The van der Waals surface area contributed by atoms with Gasteiger partial charge in [0.25, 0.3) is 0 Å². The third-order valence-corrected chi connectivity index (χ3v) is 3.52. The Kier molecular flexibility index (Phi) is 3.41. The molecule has 1 fully saturated rings. The molecule has 0 bridgehead atoms. The second kappa shape index (κ2) is 5.11. The first-order valence-electron chi connectivity index (χ1n) is 5.86. The van der Waals surface area contributed by atoms with Gasteiger partial charge in [-0.05, 0) is 35.0 Å². The molecule has 2 aromatic rings. The van der Waals surface area contributed by atoms with Crippen LogP contribution in [0.25, 0.3) is 0 Å². The van der Waals surface area contributed by atoms with E-state index in [1.54, 1.807) is 4.68 Å². The predicted molar refractivity (Wildman–Crippen MR) is 65.1 cm³/mol. The molecule has 112 valence electrons. The number of nitrogens with one attached hydrogen (secondary N) is 1. The topological polar surface area (TPSA) is 107 Å². The van der Waals surface area contributed by atoms with Gasteiger partial charge in [0.1, 0.15) is 10.8 Å². The number of halogens is 3. The number of anilines is 1. The highest BCUT2D eigenvalue weighted by molar-refractivity contribution is 7.99. The SMILES string of the molecule is NNc1cc(Sc2nnnn2C2CC2)nc(C(F)(F)F)n1. The smallest absolute Gasteiger partial charge is 0.308 e. The van der Waals surface area contributed by atoms with Crippen LogP contribution in [0.3, 0.4) is 0 Å². The molecule has 2 heterocycles. The van der Waals surface area contributed by atoms with Gasteiger partial charge in [-0.3, -0.25) is 0 Å². The lowest BCUT2D eigenvalue weighted by Crippen LogP contribution is -2.16. The number of alkyl halides is 3. The molecule has 12 heteroatoms. The van der Waals surface area contributed by atoms with E-state index in [1.165, 1.54) is 6.07 Å². The highest BCUT2D eigenvalue weighted by Gasteiger charge is 2.36. The third kappa shape index (κ3) is 3.05. The molecule has 0 spiro atoms. The Labute approximate surface area is 120 Å². The van der Waals surface area contributed by atoms with Crippen molar-refractivity contribution >= 4 is 17.6 Å². The standard InChI is InChI=1S/C9H9F3N8S/c10-9(11,12)7-14-5(16-13)3-6(15-7)21-8-17-18-19-20(8)4-1-2-4/h3-4H,1-2,13H2,(H,14,15,16). The van der Waals surface area contributed by atoms with Crippen molar-refractivity contribution in [2.45, 2.75) is 35.2 Å². The van der Waals surface area contributed by atoms with Crippen LogP contribution in [0.1, 0.15) is 24.7 Å². The first-order chi connectivity index (χ1) is 9.97. The van der Waals surface area contributed by atoms with Crippen molar-refractivity contribution in [3.8, 4) is 0 Å². The zero-order valence-electron chi connectivity index (χ0n) is 10.4. The largest absolute Gasteiger partial charge is 0.451 e. The number of nitrogens with zero attached hydrogens (tertiary/aromatic N) is 6. The molecular formula is C9H9F3N8S. The van der Waals surface area contributed by atoms with Gasteiger partial charge < -0.3 is 5.43 Å². The number of aromatic nitrogens is 6. The molecule has 0 radical (unpaired) electrons. The van der Waals surface area contributed by atoms with E-state index in [0.29, 0.717) is 5.16 Å². The molecule has 1 aliphatic carbocycles. The van der Waals surface area contributed by atoms with Crippen LogP contribution in [0.2, 0.25) is 0 Å². The van der Waals surface area contributed by atoms with Gasteiger partial charge in [0.15, 0.2) is 0 Å². The number of tetrazole rings is 1. The average Bonchev–Trinajstić information content (AvgIpc) is 3.18. The lowest BCUT2D eigenvalue weighted by molar-refractivity contribution is -0.145.